The molecule has 126 valence electrons. The summed E-state index contributed by atoms with van der Waals surface area (Å²) in [4.78, 5) is 25.6. The first-order valence-electron chi connectivity index (χ1n) is 6.84. The second-order valence-corrected chi connectivity index (χ2v) is 6.37. The number of hydrogen-bond donors (Lipinski definition) is 3. The van der Waals surface area contributed by atoms with Gasteiger partial charge in [0, 0.05) is 5.56 Å². The fourth-order valence-corrected chi connectivity index (χ4v) is 2.93. The molecule has 0 aliphatic carbocycles. The Morgan fingerprint density at radius 2 is 1.88 bits per heavy atom. The number of aromatic nitrogens is 1. The Bertz CT molecular complexity index is 1150. The van der Waals surface area contributed by atoms with Crippen molar-refractivity contribution in [1.29, 1.82) is 5.26 Å². The first kappa shape index (κ1) is 16.3. The van der Waals surface area contributed by atoms with E-state index in [1.807, 2.05) is 10.8 Å². The van der Waals surface area contributed by atoms with E-state index in [2.05, 4.69) is 9.71 Å². The zero-order valence-corrected chi connectivity index (χ0v) is 13.3. The molecule has 0 unspecified atom stereocenters. The molecular weight excluding hydrogens is 348 g/mol. The number of nitriles is 1. The minimum absolute atomic E-state index is 0.0229. The van der Waals surface area contributed by atoms with Crippen molar-refractivity contribution in [3.05, 3.63) is 64.1 Å². The summed E-state index contributed by atoms with van der Waals surface area (Å²) in [7, 11) is -4.18. The summed E-state index contributed by atoms with van der Waals surface area (Å²) in [5.41, 5.74) is 1.10. The molecule has 0 aliphatic rings. The van der Waals surface area contributed by atoms with Crippen LogP contribution in [-0.4, -0.2) is 19.3 Å². The summed E-state index contributed by atoms with van der Waals surface area (Å²) in [6, 6.07) is 11.6. The van der Waals surface area contributed by atoms with Crippen LogP contribution in [-0.2, 0) is 10.2 Å². The average Bonchev–Trinajstić information content (AvgIpc) is 2.93. The summed E-state index contributed by atoms with van der Waals surface area (Å²) in [6.07, 6.45) is 0. The molecular formula is C15H10N4O5S. The number of fused-ring (bicyclic) bond motifs is 1. The first-order valence-corrected chi connectivity index (χ1v) is 8.32. The van der Waals surface area contributed by atoms with Gasteiger partial charge in [-0.3, -0.25) is 14.5 Å². The lowest BCUT2D eigenvalue weighted by atomic mass is 10.2. The summed E-state index contributed by atoms with van der Waals surface area (Å²) >= 11 is 0. The Morgan fingerprint density at radius 3 is 2.56 bits per heavy atom. The Hall–Kier alpha value is -3.58. The molecule has 3 rings (SSSR count). The molecule has 1 aromatic heterocycles. The van der Waals surface area contributed by atoms with E-state index in [0.717, 1.165) is 0 Å². The molecule has 25 heavy (non-hydrogen) atoms. The minimum atomic E-state index is -4.18. The molecule has 1 heterocycles. The van der Waals surface area contributed by atoms with Gasteiger partial charge in [0.15, 0.2) is 5.58 Å². The molecule has 0 fully saturated rings. The largest absolute Gasteiger partial charge is 0.417 e. The van der Waals surface area contributed by atoms with Crippen molar-refractivity contribution in [1.82, 2.24) is 9.71 Å². The quantitative estimate of drug-likeness (QED) is 0.636. The van der Waals surface area contributed by atoms with Crippen LogP contribution in [0.5, 0.6) is 0 Å². The predicted octanol–water partition coefficient (Wildman–Crippen LogP) is 1.08. The fourth-order valence-electron chi connectivity index (χ4n) is 2.07. The number of H-pyrrole nitrogens is 1. The number of benzene rings is 2. The molecule has 0 atom stereocenters. The molecule has 0 bridgehead atoms. The van der Waals surface area contributed by atoms with Crippen molar-refractivity contribution in [2.45, 2.75) is 0 Å². The maximum Gasteiger partial charge on any atom is 0.417 e. The van der Waals surface area contributed by atoms with Gasteiger partial charge >= 0.3 is 16.0 Å². The standard InChI is InChI=1S/C15H10N4O5S/c16-8-9-1-4-11(5-2-9)18-25(22,23)19-14(20)10-3-6-13-12(7-10)17-15(21)24-13/h1-7,18H,(H,17,21)(H,19,20). The monoisotopic (exact) mass is 358 g/mol. The minimum Gasteiger partial charge on any atom is -0.408 e. The van der Waals surface area contributed by atoms with E-state index in [1.165, 1.54) is 42.5 Å². The molecule has 0 radical (unpaired) electrons. The molecule has 0 spiro atoms. The van der Waals surface area contributed by atoms with E-state index in [0.29, 0.717) is 5.56 Å². The second-order valence-electron chi connectivity index (χ2n) is 4.95. The number of aromatic amines is 1. The molecule has 3 aromatic rings. The van der Waals surface area contributed by atoms with Crippen molar-refractivity contribution >= 4 is 32.9 Å². The van der Waals surface area contributed by atoms with E-state index in [1.54, 1.807) is 0 Å². The fraction of sp³-hybridized carbons (Fsp3) is 0. The summed E-state index contributed by atoms with van der Waals surface area (Å²) in [5, 5.41) is 8.71. The smallest absolute Gasteiger partial charge is 0.408 e. The highest BCUT2D eigenvalue weighted by Gasteiger charge is 2.17. The lowest BCUT2D eigenvalue weighted by molar-refractivity contribution is 0.0982. The highest BCUT2D eigenvalue weighted by atomic mass is 32.2. The third kappa shape index (κ3) is 3.67. The highest BCUT2D eigenvalue weighted by Crippen LogP contribution is 2.13. The molecule has 9 nitrogen and oxygen atoms in total. The predicted molar refractivity (Wildman–Crippen MR) is 88.0 cm³/mol. The SMILES string of the molecule is N#Cc1ccc(NS(=O)(=O)NC(=O)c2ccc3oc(=O)[nH]c3c2)cc1. The van der Waals surface area contributed by atoms with Crippen molar-refractivity contribution in [3.63, 3.8) is 0 Å². The number of oxazole rings is 1. The van der Waals surface area contributed by atoms with Crippen molar-refractivity contribution in [3.8, 4) is 6.07 Å². The van der Waals surface area contributed by atoms with Gasteiger partial charge in [-0.2, -0.15) is 13.7 Å². The van der Waals surface area contributed by atoms with Crippen molar-refractivity contribution in [2.75, 3.05) is 4.72 Å². The normalized spacial score (nSPS) is 11.0. The van der Waals surface area contributed by atoms with Gasteiger partial charge in [0.25, 0.3) is 5.91 Å². The van der Waals surface area contributed by atoms with Crippen LogP contribution in [0.2, 0.25) is 0 Å². The Kier molecular flexibility index (Phi) is 4.00. The van der Waals surface area contributed by atoms with E-state index in [9.17, 15) is 18.0 Å². The van der Waals surface area contributed by atoms with Crippen LogP contribution in [0.25, 0.3) is 11.1 Å². The van der Waals surface area contributed by atoms with Gasteiger partial charge in [-0.15, -0.1) is 0 Å². The molecule has 2 aromatic carbocycles. The van der Waals surface area contributed by atoms with Crippen LogP contribution < -0.4 is 15.2 Å². The molecule has 1 amide bonds. The Morgan fingerprint density at radius 1 is 1.16 bits per heavy atom. The van der Waals surface area contributed by atoms with Crippen LogP contribution >= 0.6 is 0 Å². The first-order chi connectivity index (χ1) is 11.9. The maximum absolute atomic E-state index is 12.1. The second kappa shape index (κ2) is 6.14. The van der Waals surface area contributed by atoms with Crippen LogP contribution in [0.4, 0.5) is 5.69 Å². The third-order valence-corrected chi connectivity index (χ3v) is 4.13. The number of nitrogens with one attached hydrogen (secondary N) is 3. The van der Waals surface area contributed by atoms with Gasteiger partial charge < -0.3 is 4.42 Å². The van der Waals surface area contributed by atoms with Gasteiger partial charge in [0.05, 0.1) is 22.8 Å². The number of rotatable bonds is 4. The van der Waals surface area contributed by atoms with Gasteiger partial charge in [0.2, 0.25) is 0 Å². The topological polar surface area (TPSA) is 145 Å². The van der Waals surface area contributed by atoms with E-state index in [4.69, 9.17) is 9.68 Å². The van der Waals surface area contributed by atoms with E-state index >= 15 is 0 Å². The van der Waals surface area contributed by atoms with Crippen LogP contribution in [0.15, 0.2) is 51.7 Å². The van der Waals surface area contributed by atoms with Crippen molar-refractivity contribution in [2.24, 2.45) is 0 Å². The molecule has 0 saturated carbocycles. The molecule has 0 aliphatic heterocycles. The number of carbonyl (C=O) groups is 1. The molecule has 0 saturated heterocycles. The lowest BCUT2D eigenvalue weighted by Gasteiger charge is -2.09. The van der Waals surface area contributed by atoms with Crippen LogP contribution in [0, 0.1) is 11.3 Å². The zero-order chi connectivity index (χ0) is 18.0. The number of hydrogen-bond acceptors (Lipinski definition) is 6. The number of amides is 1. The third-order valence-electron chi connectivity index (χ3n) is 3.17. The van der Waals surface area contributed by atoms with Gasteiger partial charge in [-0.25, -0.2) is 9.52 Å². The van der Waals surface area contributed by atoms with E-state index < -0.39 is 21.9 Å². The molecule has 10 heteroatoms. The van der Waals surface area contributed by atoms with E-state index in [-0.39, 0.29) is 22.4 Å². The number of anilines is 1. The van der Waals surface area contributed by atoms with Gasteiger partial charge in [-0.05, 0) is 42.5 Å². The highest BCUT2D eigenvalue weighted by molar-refractivity contribution is 7.91. The summed E-state index contributed by atoms with van der Waals surface area (Å²) in [5.74, 6) is -1.56. The zero-order valence-electron chi connectivity index (χ0n) is 12.4. The van der Waals surface area contributed by atoms with Crippen LogP contribution in [0.3, 0.4) is 0 Å². The molecule has 3 N–H and O–H groups in total. The maximum atomic E-state index is 12.1. The lowest BCUT2D eigenvalue weighted by Crippen LogP contribution is -2.35. The van der Waals surface area contributed by atoms with Crippen LogP contribution in [0.1, 0.15) is 15.9 Å². The van der Waals surface area contributed by atoms with Crippen molar-refractivity contribution < 1.29 is 17.6 Å². The average molecular weight is 358 g/mol. The van der Waals surface area contributed by atoms with Gasteiger partial charge in [-0.1, -0.05) is 0 Å². The number of nitrogens with zero attached hydrogens (tertiary/aromatic N) is 1. The number of carbonyl (C=O) groups excluding carboxylic acids is 1. The Balaban J connectivity index is 1.77. The Labute approximate surface area is 141 Å². The summed E-state index contributed by atoms with van der Waals surface area (Å²) in [6.45, 7) is 0. The summed E-state index contributed by atoms with van der Waals surface area (Å²) < 4.78 is 32.9. The van der Waals surface area contributed by atoms with Gasteiger partial charge in [0.1, 0.15) is 0 Å².